The average molecular weight is 497 g/mol. The van der Waals surface area contributed by atoms with Gasteiger partial charge in [-0.2, -0.15) is 0 Å². The molecule has 0 saturated heterocycles. The summed E-state index contributed by atoms with van der Waals surface area (Å²) in [7, 11) is 3.29. The summed E-state index contributed by atoms with van der Waals surface area (Å²) in [4.78, 5) is 24.0. The highest BCUT2D eigenvalue weighted by Gasteiger charge is 2.38. The Labute approximate surface area is 214 Å². The van der Waals surface area contributed by atoms with Gasteiger partial charge in [0, 0.05) is 6.54 Å². The van der Waals surface area contributed by atoms with Crippen molar-refractivity contribution in [1.82, 2.24) is 19.5 Å². The summed E-state index contributed by atoms with van der Waals surface area (Å²) in [6, 6.07) is 25.8. The summed E-state index contributed by atoms with van der Waals surface area (Å²) in [5.74, 6) is 2.11. The van der Waals surface area contributed by atoms with Gasteiger partial charge in [-0.05, 0) is 47.9 Å². The Morgan fingerprint density at radius 3 is 1.95 bits per heavy atom. The van der Waals surface area contributed by atoms with Crippen molar-refractivity contribution in [3.8, 4) is 11.5 Å². The minimum atomic E-state index is -0.990. The minimum Gasteiger partial charge on any atom is -0.497 e. The second-order valence-corrected chi connectivity index (χ2v) is 8.47. The van der Waals surface area contributed by atoms with Gasteiger partial charge in [0.25, 0.3) is 5.56 Å². The largest absolute Gasteiger partial charge is 0.497 e. The number of fused-ring (bicyclic) bond motifs is 1. The molecule has 3 aromatic carbocycles. The number of aromatic nitrogens is 4. The lowest BCUT2D eigenvalue weighted by molar-refractivity contribution is -0.00431. The zero-order valence-corrected chi connectivity index (χ0v) is 21.0. The quantitative estimate of drug-likeness (QED) is 0.298. The molecule has 0 fully saturated rings. The van der Waals surface area contributed by atoms with E-state index >= 15 is 0 Å². The fraction of sp³-hybridized carbons (Fsp3) is 0.207. The van der Waals surface area contributed by atoms with Gasteiger partial charge in [0.2, 0.25) is 0 Å². The molecule has 0 aliphatic rings. The highest BCUT2D eigenvalue weighted by atomic mass is 16.5. The number of rotatable bonds is 9. The molecule has 8 heteroatoms. The first-order chi connectivity index (χ1) is 18.1. The lowest BCUT2D eigenvalue weighted by Gasteiger charge is -2.36. The minimum absolute atomic E-state index is 0.136. The number of aryl methyl sites for hydroxylation is 1. The molecule has 1 N–H and O–H groups in total. The number of aromatic amines is 1. The molecule has 188 valence electrons. The van der Waals surface area contributed by atoms with Crippen molar-refractivity contribution >= 4 is 11.2 Å². The lowest BCUT2D eigenvalue weighted by atomic mass is 9.80. The Hall–Kier alpha value is -4.43. The van der Waals surface area contributed by atoms with E-state index in [4.69, 9.17) is 14.2 Å². The van der Waals surface area contributed by atoms with Crippen molar-refractivity contribution in [1.29, 1.82) is 0 Å². The Bertz CT molecular complexity index is 1490. The highest BCUT2D eigenvalue weighted by molar-refractivity contribution is 5.69. The van der Waals surface area contributed by atoms with Gasteiger partial charge in [0.1, 0.15) is 29.5 Å². The van der Waals surface area contributed by atoms with Gasteiger partial charge >= 0.3 is 0 Å². The molecule has 0 aliphatic carbocycles. The molecule has 0 unspecified atom stereocenters. The monoisotopic (exact) mass is 496 g/mol. The fourth-order valence-corrected chi connectivity index (χ4v) is 4.68. The van der Waals surface area contributed by atoms with Crippen LogP contribution in [0.1, 0.15) is 29.4 Å². The summed E-state index contributed by atoms with van der Waals surface area (Å²) in [5, 5.41) is 0. The van der Waals surface area contributed by atoms with E-state index in [1.807, 2.05) is 90.4 Å². The normalized spacial score (nSPS) is 11.5. The van der Waals surface area contributed by atoms with E-state index in [9.17, 15) is 4.79 Å². The molecule has 0 bridgehead atoms. The summed E-state index contributed by atoms with van der Waals surface area (Å²) in [5.41, 5.74) is 2.33. The molecule has 0 atom stereocenters. The number of nitrogens with one attached hydrogen (secondary N) is 1. The van der Waals surface area contributed by atoms with Crippen LogP contribution in [0.3, 0.4) is 0 Å². The maximum Gasteiger partial charge on any atom is 0.278 e. The number of methoxy groups -OCH3 is 2. The van der Waals surface area contributed by atoms with Crippen LogP contribution in [-0.4, -0.2) is 33.7 Å². The third-order valence-electron chi connectivity index (χ3n) is 6.52. The summed E-state index contributed by atoms with van der Waals surface area (Å²) < 4.78 is 19.7. The van der Waals surface area contributed by atoms with E-state index in [2.05, 4.69) is 15.0 Å². The van der Waals surface area contributed by atoms with Gasteiger partial charge in [-0.15, -0.1) is 0 Å². The van der Waals surface area contributed by atoms with Crippen molar-refractivity contribution in [2.45, 2.75) is 25.7 Å². The molecule has 0 radical (unpaired) electrons. The molecule has 0 aliphatic heterocycles. The molecule has 5 aromatic rings. The maximum atomic E-state index is 12.4. The first-order valence-corrected chi connectivity index (χ1v) is 12.0. The lowest BCUT2D eigenvalue weighted by Crippen LogP contribution is -2.33. The van der Waals surface area contributed by atoms with E-state index in [1.54, 1.807) is 14.2 Å². The van der Waals surface area contributed by atoms with Crippen molar-refractivity contribution in [3.05, 3.63) is 118 Å². The highest BCUT2D eigenvalue weighted by Crippen LogP contribution is 2.42. The van der Waals surface area contributed by atoms with Crippen LogP contribution in [0.25, 0.3) is 11.2 Å². The first kappa shape index (κ1) is 24.3. The van der Waals surface area contributed by atoms with Gasteiger partial charge < -0.3 is 23.8 Å². The maximum absolute atomic E-state index is 12.4. The van der Waals surface area contributed by atoms with Crippen LogP contribution in [0.15, 0.2) is 90.0 Å². The Morgan fingerprint density at radius 1 is 0.838 bits per heavy atom. The number of hydrogen-bond acceptors (Lipinski definition) is 6. The van der Waals surface area contributed by atoms with E-state index < -0.39 is 5.60 Å². The average Bonchev–Trinajstić information content (AvgIpc) is 3.33. The third kappa shape index (κ3) is 4.36. The van der Waals surface area contributed by atoms with Crippen LogP contribution in [-0.2, 0) is 23.5 Å². The fourth-order valence-electron chi connectivity index (χ4n) is 4.68. The number of ether oxygens (including phenoxy) is 3. The molecule has 0 spiro atoms. The van der Waals surface area contributed by atoms with Crippen LogP contribution >= 0.6 is 0 Å². The van der Waals surface area contributed by atoms with Gasteiger partial charge in [0.15, 0.2) is 11.2 Å². The SMILES string of the molecule is CCn1c(COC(c2ccccc2)(c2ccc(OC)cc2)c2ccc(OC)cc2)nc2c(=O)[nH]cnc21. The molecule has 2 aromatic heterocycles. The zero-order chi connectivity index (χ0) is 25.8. The molecule has 0 saturated carbocycles. The number of benzene rings is 3. The van der Waals surface area contributed by atoms with E-state index in [-0.39, 0.29) is 12.2 Å². The van der Waals surface area contributed by atoms with Crippen molar-refractivity contribution in [2.24, 2.45) is 0 Å². The van der Waals surface area contributed by atoms with Gasteiger partial charge in [-0.25, -0.2) is 9.97 Å². The second-order valence-electron chi connectivity index (χ2n) is 8.47. The standard InChI is InChI=1S/C29H28N4O4/c1-4-33-25(32-26-27(33)30-19-31-28(26)34)18-37-29(20-8-6-5-7-9-20,21-10-14-23(35-2)15-11-21)22-12-16-24(36-3)17-13-22/h5-17,19H,4,18H2,1-3H3,(H,30,31,34). The van der Waals surface area contributed by atoms with Crippen molar-refractivity contribution in [2.75, 3.05) is 14.2 Å². The van der Waals surface area contributed by atoms with Gasteiger partial charge in [-0.1, -0.05) is 54.6 Å². The Kier molecular flexibility index (Phi) is 6.74. The predicted molar refractivity (Wildman–Crippen MR) is 141 cm³/mol. The Balaban J connectivity index is 1.70. The number of H-pyrrole nitrogens is 1. The third-order valence-corrected chi connectivity index (χ3v) is 6.52. The molecular weight excluding hydrogens is 468 g/mol. The molecule has 37 heavy (non-hydrogen) atoms. The van der Waals surface area contributed by atoms with Crippen LogP contribution in [0.4, 0.5) is 0 Å². The number of nitrogens with zero attached hydrogens (tertiary/aromatic N) is 3. The smallest absolute Gasteiger partial charge is 0.278 e. The van der Waals surface area contributed by atoms with E-state index in [0.717, 1.165) is 28.2 Å². The second kappa shape index (κ2) is 10.3. The summed E-state index contributed by atoms with van der Waals surface area (Å²) in [6.45, 7) is 2.72. The number of imidazole rings is 1. The van der Waals surface area contributed by atoms with Gasteiger partial charge in [0.05, 0.1) is 20.5 Å². The molecule has 5 rings (SSSR count). The van der Waals surface area contributed by atoms with Gasteiger partial charge in [-0.3, -0.25) is 4.79 Å². The topological polar surface area (TPSA) is 91.3 Å². The van der Waals surface area contributed by atoms with Crippen molar-refractivity contribution < 1.29 is 14.2 Å². The van der Waals surface area contributed by atoms with E-state index in [1.165, 1.54) is 6.33 Å². The van der Waals surface area contributed by atoms with Crippen LogP contribution in [0.5, 0.6) is 11.5 Å². The zero-order valence-electron chi connectivity index (χ0n) is 21.0. The van der Waals surface area contributed by atoms with Crippen LogP contribution in [0, 0.1) is 0 Å². The van der Waals surface area contributed by atoms with Crippen LogP contribution in [0.2, 0.25) is 0 Å². The van der Waals surface area contributed by atoms with E-state index in [0.29, 0.717) is 23.5 Å². The number of hydrogen-bond donors (Lipinski definition) is 1. The van der Waals surface area contributed by atoms with Crippen LogP contribution < -0.4 is 15.0 Å². The predicted octanol–water partition coefficient (Wildman–Crippen LogP) is 4.67. The Morgan fingerprint density at radius 2 is 1.41 bits per heavy atom. The summed E-state index contributed by atoms with van der Waals surface area (Å²) in [6.07, 6.45) is 1.39. The molecular formula is C29H28N4O4. The summed E-state index contributed by atoms with van der Waals surface area (Å²) >= 11 is 0. The molecule has 8 nitrogen and oxygen atoms in total. The first-order valence-electron chi connectivity index (χ1n) is 12.0. The van der Waals surface area contributed by atoms with Crippen molar-refractivity contribution in [3.63, 3.8) is 0 Å². The molecule has 0 amide bonds. The molecule has 2 heterocycles.